The molecular formula is C10H21NO2Si. The van der Waals surface area contributed by atoms with Gasteiger partial charge in [-0.25, -0.2) is 0 Å². The van der Waals surface area contributed by atoms with Gasteiger partial charge in [0.15, 0.2) is 0 Å². The molecule has 1 rings (SSSR count). The zero-order valence-corrected chi connectivity index (χ0v) is 11.6. The Kier molecular flexibility index (Phi) is 3.37. The minimum Gasteiger partial charge on any atom is -0.411 e. The summed E-state index contributed by atoms with van der Waals surface area (Å²) >= 11 is 0. The normalized spacial score (nSPS) is 30.6. The Morgan fingerprint density at radius 2 is 2.14 bits per heavy atom. The lowest BCUT2D eigenvalue weighted by atomic mass is 9.78. The summed E-state index contributed by atoms with van der Waals surface area (Å²) in [6.45, 7) is 6.95. The van der Waals surface area contributed by atoms with Gasteiger partial charge >= 0.3 is 0 Å². The van der Waals surface area contributed by atoms with Crippen molar-refractivity contribution in [3.63, 3.8) is 0 Å². The van der Waals surface area contributed by atoms with Crippen molar-refractivity contribution in [3.05, 3.63) is 0 Å². The SMILES string of the molecule is CC(=NO)C(C)(C)C1([SiH3])CCCCO1. The van der Waals surface area contributed by atoms with E-state index in [9.17, 15) is 0 Å². The number of hydrogen-bond donors (Lipinski definition) is 1. The van der Waals surface area contributed by atoms with Gasteiger partial charge in [-0.15, -0.1) is 0 Å². The summed E-state index contributed by atoms with van der Waals surface area (Å²) in [6, 6.07) is 0. The second-order valence-electron chi connectivity index (χ2n) is 4.85. The standard InChI is InChI=1S/C10H21NO2Si/c1-8(11-12)9(2,3)10(14)6-4-5-7-13-10/h12H,4-7H2,1-3,14H3. The minimum absolute atomic E-state index is 0.0540. The average Bonchev–Trinajstić information content (AvgIpc) is 2.17. The first-order valence-electron chi connectivity index (χ1n) is 5.27. The maximum Gasteiger partial charge on any atom is 0.0621 e. The van der Waals surface area contributed by atoms with Crippen LogP contribution in [0.4, 0.5) is 0 Å². The third-order valence-corrected chi connectivity index (χ3v) is 5.88. The van der Waals surface area contributed by atoms with E-state index in [2.05, 4.69) is 19.0 Å². The zero-order chi connectivity index (χ0) is 10.8. The summed E-state index contributed by atoms with van der Waals surface area (Å²) in [5.41, 5.74) is 0.628. The molecule has 0 radical (unpaired) electrons. The Bertz CT molecular complexity index is 232. The van der Waals surface area contributed by atoms with Crippen LogP contribution in [-0.4, -0.2) is 33.0 Å². The predicted octanol–water partition coefficient (Wildman–Crippen LogP) is 1.12. The van der Waals surface area contributed by atoms with Gasteiger partial charge < -0.3 is 9.94 Å². The summed E-state index contributed by atoms with van der Waals surface area (Å²) in [6.07, 6.45) is 3.49. The van der Waals surface area contributed by atoms with Crippen molar-refractivity contribution in [3.8, 4) is 0 Å². The highest BCUT2D eigenvalue weighted by molar-refractivity contribution is 6.17. The Morgan fingerprint density at radius 3 is 2.57 bits per heavy atom. The van der Waals surface area contributed by atoms with Gasteiger partial charge in [-0.2, -0.15) is 0 Å². The first-order valence-corrected chi connectivity index (χ1v) is 6.27. The highest BCUT2D eigenvalue weighted by atomic mass is 28.1. The van der Waals surface area contributed by atoms with Crippen molar-refractivity contribution in [2.45, 2.75) is 45.3 Å². The topological polar surface area (TPSA) is 41.8 Å². The molecule has 0 spiro atoms. The van der Waals surface area contributed by atoms with Crippen molar-refractivity contribution in [2.24, 2.45) is 10.6 Å². The molecule has 0 amide bonds. The third kappa shape index (κ3) is 1.86. The van der Waals surface area contributed by atoms with Crippen LogP contribution in [-0.2, 0) is 4.74 Å². The van der Waals surface area contributed by atoms with Crippen molar-refractivity contribution < 1.29 is 9.94 Å². The van der Waals surface area contributed by atoms with Crippen molar-refractivity contribution in [1.82, 2.24) is 0 Å². The van der Waals surface area contributed by atoms with Crippen LogP contribution in [0.1, 0.15) is 40.0 Å². The zero-order valence-electron chi connectivity index (χ0n) is 9.63. The van der Waals surface area contributed by atoms with Gasteiger partial charge in [-0.1, -0.05) is 19.0 Å². The van der Waals surface area contributed by atoms with E-state index < -0.39 is 0 Å². The van der Waals surface area contributed by atoms with Gasteiger partial charge in [0, 0.05) is 22.3 Å². The highest BCUT2D eigenvalue weighted by Crippen LogP contribution is 2.39. The summed E-state index contributed by atoms with van der Waals surface area (Å²) < 4.78 is 5.92. The molecule has 3 nitrogen and oxygen atoms in total. The molecule has 0 bridgehead atoms. The Balaban J connectivity index is 2.88. The third-order valence-electron chi connectivity index (χ3n) is 3.85. The van der Waals surface area contributed by atoms with Crippen molar-refractivity contribution >= 4 is 16.0 Å². The molecule has 82 valence electrons. The molecule has 4 heteroatoms. The van der Waals surface area contributed by atoms with E-state index in [0.29, 0.717) is 0 Å². The molecule has 1 aliphatic heterocycles. The smallest absolute Gasteiger partial charge is 0.0621 e. The molecule has 1 heterocycles. The van der Waals surface area contributed by atoms with Gasteiger partial charge in [-0.05, 0) is 26.2 Å². The summed E-state index contributed by atoms with van der Waals surface area (Å²) in [7, 11) is 0.977. The first-order chi connectivity index (χ1) is 6.44. The average molecular weight is 215 g/mol. The van der Waals surface area contributed by atoms with Crippen LogP contribution in [0.15, 0.2) is 5.16 Å². The summed E-state index contributed by atoms with van der Waals surface area (Å²) in [5, 5.41) is 12.1. The van der Waals surface area contributed by atoms with Crippen LogP contribution < -0.4 is 0 Å². The molecule has 14 heavy (non-hydrogen) atoms. The summed E-state index contributed by atoms with van der Waals surface area (Å²) in [4.78, 5) is 0. The number of nitrogens with zero attached hydrogens (tertiary/aromatic N) is 1. The van der Waals surface area contributed by atoms with Gasteiger partial charge in [0.2, 0.25) is 0 Å². The second-order valence-corrected chi connectivity index (χ2v) is 6.46. The molecule has 1 N–H and O–H groups in total. The Morgan fingerprint density at radius 1 is 1.50 bits per heavy atom. The van der Waals surface area contributed by atoms with Gasteiger partial charge in [0.1, 0.15) is 0 Å². The van der Waals surface area contributed by atoms with E-state index in [1.807, 2.05) is 6.92 Å². The van der Waals surface area contributed by atoms with E-state index >= 15 is 0 Å². The molecule has 1 fully saturated rings. The molecule has 0 saturated carbocycles. The molecule has 0 aromatic carbocycles. The van der Waals surface area contributed by atoms with Crippen LogP contribution in [0.3, 0.4) is 0 Å². The number of oxime groups is 1. The quantitative estimate of drug-likeness (QED) is 0.325. The van der Waals surface area contributed by atoms with Crippen LogP contribution in [0.2, 0.25) is 0 Å². The van der Waals surface area contributed by atoms with Gasteiger partial charge in [0.25, 0.3) is 0 Å². The van der Waals surface area contributed by atoms with Crippen LogP contribution in [0.5, 0.6) is 0 Å². The lowest BCUT2D eigenvalue weighted by Gasteiger charge is -2.46. The largest absolute Gasteiger partial charge is 0.411 e. The lowest BCUT2D eigenvalue weighted by molar-refractivity contribution is -0.0659. The molecule has 1 saturated heterocycles. The van der Waals surface area contributed by atoms with E-state index in [0.717, 1.165) is 35.4 Å². The van der Waals surface area contributed by atoms with Crippen LogP contribution in [0, 0.1) is 5.41 Å². The van der Waals surface area contributed by atoms with Gasteiger partial charge in [0.05, 0.1) is 10.9 Å². The number of hydrogen-bond acceptors (Lipinski definition) is 3. The maximum absolute atomic E-state index is 8.86. The van der Waals surface area contributed by atoms with Crippen LogP contribution in [0.25, 0.3) is 0 Å². The summed E-state index contributed by atoms with van der Waals surface area (Å²) in [5.74, 6) is 0. The Labute approximate surface area is 88.9 Å². The molecule has 0 aromatic heterocycles. The first kappa shape index (κ1) is 11.7. The van der Waals surface area contributed by atoms with Crippen molar-refractivity contribution in [2.75, 3.05) is 6.61 Å². The monoisotopic (exact) mass is 215 g/mol. The number of rotatable bonds is 2. The second kappa shape index (κ2) is 4.02. The Hall–Kier alpha value is -0.353. The fourth-order valence-corrected chi connectivity index (χ4v) is 2.85. The van der Waals surface area contributed by atoms with Crippen LogP contribution >= 0.6 is 0 Å². The maximum atomic E-state index is 8.86. The predicted molar refractivity (Wildman–Crippen MR) is 61.1 cm³/mol. The highest BCUT2D eigenvalue weighted by Gasteiger charge is 2.45. The number of ether oxygens (including phenoxy) is 1. The van der Waals surface area contributed by atoms with Gasteiger partial charge in [-0.3, -0.25) is 0 Å². The molecule has 1 aliphatic rings. The van der Waals surface area contributed by atoms with E-state index in [1.165, 1.54) is 6.42 Å². The lowest BCUT2D eigenvalue weighted by Crippen LogP contribution is -2.53. The van der Waals surface area contributed by atoms with E-state index in [-0.39, 0.29) is 10.6 Å². The molecule has 0 aromatic rings. The fourth-order valence-electron chi connectivity index (χ4n) is 1.93. The molecule has 0 aliphatic carbocycles. The molecular weight excluding hydrogens is 194 g/mol. The minimum atomic E-state index is -0.144. The van der Waals surface area contributed by atoms with Crippen molar-refractivity contribution in [1.29, 1.82) is 0 Å². The van der Waals surface area contributed by atoms with E-state index in [4.69, 9.17) is 9.94 Å². The molecule has 1 atom stereocenters. The van der Waals surface area contributed by atoms with E-state index in [1.54, 1.807) is 0 Å². The molecule has 1 unspecified atom stereocenters. The fraction of sp³-hybridized carbons (Fsp3) is 0.900.